The number of benzene rings is 2. The van der Waals surface area contributed by atoms with Crippen molar-refractivity contribution in [2.75, 3.05) is 14.2 Å². The molecule has 1 N–H and O–H groups in total. The van der Waals surface area contributed by atoms with Crippen molar-refractivity contribution in [3.63, 3.8) is 0 Å². The highest BCUT2D eigenvalue weighted by Crippen LogP contribution is 2.30. The first-order valence-corrected chi connectivity index (χ1v) is 8.15. The van der Waals surface area contributed by atoms with E-state index in [9.17, 15) is 9.59 Å². The number of likely N-dealkylation sites (N-methyl/N-ethyl adjacent to an activating group) is 1. The van der Waals surface area contributed by atoms with E-state index < -0.39 is 6.03 Å². The third-order valence-corrected chi connectivity index (χ3v) is 4.09. The van der Waals surface area contributed by atoms with Gasteiger partial charge in [0.2, 0.25) is 0 Å². The average molecular weight is 352 g/mol. The number of rotatable bonds is 5. The molecule has 0 bridgehead atoms. The Morgan fingerprint density at radius 2 is 1.81 bits per heavy atom. The number of amides is 3. The number of methoxy groups -OCH3 is 1. The number of nitrogens with zero attached hydrogens (tertiary/aromatic N) is 1. The van der Waals surface area contributed by atoms with Crippen LogP contribution in [0.3, 0.4) is 0 Å². The van der Waals surface area contributed by atoms with Crippen LogP contribution in [0.15, 0.2) is 48.2 Å². The van der Waals surface area contributed by atoms with E-state index in [-0.39, 0.29) is 11.6 Å². The molecule has 0 unspecified atom stereocenters. The van der Waals surface area contributed by atoms with Crippen LogP contribution in [-0.4, -0.2) is 31.0 Å². The summed E-state index contributed by atoms with van der Waals surface area (Å²) in [6, 6.07) is 13.0. The molecule has 1 aliphatic heterocycles. The van der Waals surface area contributed by atoms with Gasteiger partial charge in [-0.2, -0.15) is 0 Å². The molecule has 0 atom stereocenters. The summed E-state index contributed by atoms with van der Waals surface area (Å²) in [7, 11) is 2.99. The van der Waals surface area contributed by atoms with Crippen LogP contribution in [-0.2, 0) is 11.4 Å². The molecule has 3 rings (SSSR count). The Bertz CT molecular complexity index is 872. The topological polar surface area (TPSA) is 67.9 Å². The number of aryl methyl sites for hydroxylation is 1. The maximum Gasteiger partial charge on any atom is 0.328 e. The zero-order chi connectivity index (χ0) is 18.7. The van der Waals surface area contributed by atoms with Crippen LogP contribution in [0.5, 0.6) is 11.5 Å². The van der Waals surface area contributed by atoms with Crippen molar-refractivity contribution in [2.24, 2.45) is 0 Å². The van der Waals surface area contributed by atoms with E-state index in [0.717, 1.165) is 16.0 Å². The number of carbonyl (C=O) groups is 2. The first kappa shape index (κ1) is 17.5. The number of ether oxygens (including phenoxy) is 2. The molecular formula is C20H20N2O4. The molecule has 1 fully saturated rings. The first-order valence-electron chi connectivity index (χ1n) is 8.15. The van der Waals surface area contributed by atoms with Crippen molar-refractivity contribution >= 4 is 18.0 Å². The van der Waals surface area contributed by atoms with Gasteiger partial charge in [0.05, 0.1) is 7.11 Å². The second-order valence-electron chi connectivity index (χ2n) is 6.04. The predicted octanol–water partition coefficient (Wildman–Crippen LogP) is 3.11. The molecule has 2 aromatic carbocycles. The molecule has 1 heterocycles. The van der Waals surface area contributed by atoms with E-state index in [2.05, 4.69) is 5.32 Å². The zero-order valence-corrected chi connectivity index (χ0v) is 14.9. The Labute approximate surface area is 152 Å². The van der Waals surface area contributed by atoms with Gasteiger partial charge in [-0.1, -0.05) is 35.9 Å². The van der Waals surface area contributed by atoms with E-state index in [4.69, 9.17) is 9.47 Å². The van der Waals surface area contributed by atoms with E-state index in [1.165, 1.54) is 12.6 Å². The molecule has 1 saturated heterocycles. The molecule has 1 aliphatic rings. The molecule has 0 aliphatic carbocycles. The summed E-state index contributed by atoms with van der Waals surface area (Å²) in [5.74, 6) is 0.791. The molecule has 3 amide bonds. The van der Waals surface area contributed by atoms with Gasteiger partial charge < -0.3 is 14.8 Å². The minimum absolute atomic E-state index is 0.230. The van der Waals surface area contributed by atoms with Gasteiger partial charge in [-0.3, -0.25) is 9.69 Å². The van der Waals surface area contributed by atoms with Crippen molar-refractivity contribution < 1.29 is 19.1 Å². The Kier molecular flexibility index (Phi) is 4.93. The maximum absolute atomic E-state index is 11.9. The Morgan fingerprint density at radius 1 is 1.08 bits per heavy atom. The predicted molar refractivity (Wildman–Crippen MR) is 97.8 cm³/mol. The van der Waals surface area contributed by atoms with Crippen LogP contribution in [0.1, 0.15) is 16.7 Å². The average Bonchev–Trinajstić information content (AvgIpc) is 2.88. The van der Waals surface area contributed by atoms with Gasteiger partial charge in [-0.05, 0) is 36.3 Å². The fourth-order valence-corrected chi connectivity index (χ4v) is 2.53. The standard InChI is InChI=1S/C20H20N2O4/c1-13-4-6-14(7-5-13)12-26-17-9-8-15(11-18(17)25-3)10-16-19(23)22(2)20(24)21-16/h4-11H,12H2,1-3H3,(H,21,24)/b16-10+. The molecule has 0 saturated carbocycles. The third-order valence-electron chi connectivity index (χ3n) is 4.09. The lowest BCUT2D eigenvalue weighted by Gasteiger charge is -2.12. The quantitative estimate of drug-likeness (QED) is 0.663. The number of nitrogens with one attached hydrogen (secondary N) is 1. The summed E-state index contributed by atoms with van der Waals surface area (Å²) in [6.45, 7) is 2.46. The third kappa shape index (κ3) is 3.69. The molecule has 0 radical (unpaired) electrons. The highest BCUT2D eigenvalue weighted by Gasteiger charge is 2.29. The number of imide groups is 1. The normalized spacial score (nSPS) is 15.3. The number of hydrogen-bond donors (Lipinski definition) is 1. The van der Waals surface area contributed by atoms with Gasteiger partial charge in [0.15, 0.2) is 11.5 Å². The lowest BCUT2D eigenvalue weighted by atomic mass is 10.1. The van der Waals surface area contributed by atoms with Crippen LogP contribution in [0.4, 0.5) is 4.79 Å². The summed E-state index contributed by atoms with van der Waals surface area (Å²) >= 11 is 0. The number of carbonyl (C=O) groups excluding carboxylic acids is 2. The lowest BCUT2D eigenvalue weighted by molar-refractivity contribution is -0.121. The summed E-state index contributed by atoms with van der Waals surface area (Å²) in [5.41, 5.74) is 3.21. The zero-order valence-electron chi connectivity index (χ0n) is 14.9. The summed E-state index contributed by atoms with van der Waals surface area (Å²) in [6.07, 6.45) is 1.61. The summed E-state index contributed by atoms with van der Waals surface area (Å²) in [4.78, 5) is 24.5. The fraction of sp³-hybridized carbons (Fsp3) is 0.200. The molecule has 26 heavy (non-hydrogen) atoms. The van der Waals surface area contributed by atoms with Gasteiger partial charge in [-0.15, -0.1) is 0 Å². The minimum atomic E-state index is -0.439. The van der Waals surface area contributed by atoms with Crippen molar-refractivity contribution in [3.8, 4) is 11.5 Å². The Balaban J connectivity index is 1.76. The SMILES string of the molecule is COc1cc(/C=C2/NC(=O)N(C)C2=O)ccc1OCc1ccc(C)cc1. The number of hydrogen-bond acceptors (Lipinski definition) is 4. The van der Waals surface area contributed by atoms with Gasteiger partial charge >= 0.3 is 6.03 Å². The van der Waals surface area contributed by atoms with Gasteiger partial charge in [0.1, 0.15) is 12.3 Å². The largest absolute Gasteiger partial charge is 0.493 e. The molecule has 6 nitrogen and oxygen atoms in total. The van der Waals surface area contributed by atoms with E-state index >= 15 is 0 Å². The van der Waals surface area contributed by atoms with Crippen LogP contribution < -0.4 is 14.8 Å². The highest BCUT2D eigenvalue weighted by atomic mass is 16.5. The Morgan fingerprint density at radius 3 is 2.42 bits per heavy atom. The molecule has 0 aromatic heterocycles. The molecular weight excluding hydrogens is 332 g/mol. The van der Waals surface area contributed by atoms with Crippen molar-refractivity contribution in [1.29, 1.82) is 0 Å². The molecule has 6 heteroatoms. The van der Waals surface area contributed by atoms with E-state index in [0.29, 0.717) is 18.1 Å². The molecule has 0 spiro atoms. The molecule has 134 valence electrons. The fourth-order valence-electron chi connectivity index (χ4n) is 2.53. The van der Waals surface area contributed by atoms with E-state index in [1.807, 2.05) is 31.2 Å². The van der Waals surface area contributed by atoms with Crippen LogP contribution >= 0.6 is 0 Å². The minimum Gasteiger partial charge on any atom is -0.493 e. The van der Waals surface area contributed by atoms with Crippen LogP contribution in [0, 0.1) is 6.92 Å². The number of urea groups is 1. The van der Waals surface area contributed by atoms with Gasteiger partial charge in [0.25, 0.3) is 5.91 Å². The van der Waals surface area contributed by atoms with Gasteiger partial charge in [-0.25, -0.2) is 4.79 Å². The lowest BCUT2D eigenvalue weighted by Crippen LogP contribution is -2.25. The van der Waals surface area contributed by atoms with Gasteiger partial charge in [0, 0.05) is 7.05 Å². The second kappa shape index (κ2) is 7.31. The monoisotopic (exact) mass is 352 g/mol. The Hall–Kier alpha value is -3.28. The van der Waals surface area contributed by atoms with Crippen molar-refractivity contribution in [1.82, 2.24) is 10.2 Å². The van der Waals surface area contributed by atoms with Crippen LogP contribution in [0.2, 0.25) is 0 Å². The second-order valence-corrected chi connectivity index (χ2v) is 6.04. The first-order chi connectivity index (χ1) is 12.5. The molecule has 2 aromatic rings. The smallest absolute Gasteiger partial charge is 0.328 e. The van der Waals surface area contributed by atoms with Crippen LogP contribution in [0.25, 0.3) is 6.08 Å². The van der Waals surface area contributed by atoms with Crippen molar-refractivity contribution in [2.45, 2.75) is 13.5 Å². The van der Waals surface area contributed by atoms with E-state index in [1.54, 1.807) is 31.4 Å². The summed E-state index contributed by atoms with van der Waals surface area (Å²) < 4.78 is 11.2. The summed E-state index contributed by atoms with van der Waals surface area (Å²) in [5, 5.41) is 2.53. The van der Waals surface area contributed by atoms with Crippen molar-refractivity contribution in [3.05, 3.63) is 64.9 Å². The highest BCUT2D eigenvalue weighted by molar-refractivity contribution is 6.13. The maximum atomic E-state index is 11.9.